The number of rotatable bonds is 10. The van der Waals surface area contributed by atoms with Gasteiger partial charge in [-0.3, -0.25) is 19.1 Å². The van der Waals surface area contributed by atoms with Crippen LogP contribution in [0, 0.1) is 0 Å². The van der Waals surface area contributed by atoms with Gasteiger partial charge in [-0.05, 0) is 35.9 Å². The predicted octanol–water partition coefficient (Wildman–Crippen LogP) is -9.51. The fourth-order valence-corrected chi connectivity index (χ4v) is 9.22. The largest absolute Gasteiger partial charge is 1.00 e. The van der Waals surface area contributed by atoms with Gasteiger partial charge >= 0.3 is 154 Å². The van der Waals surface area contributed by atoms with Crippen LogP contribution >= 0.6 is 47.1 Å². The molecule has 1 aromatic heterocycles. The monoisotopic (exact) mass is 821 g/mol. The molecule has 0 saturated carbocycles. The summed E-state index contributed by atoms with van der Waals surface area (Å²) in [7, 11) is -4.45. The molecule has 0 spiro atoms. The minimum absolute atomic E-state index is 0. The van der Waals surface area contributed by atoms with Crippen LogP contribution in [0.1, 0.15) is 19.8 Å². The van der Waals surface area contributed by atoms with Gasteiger partial charge in [-0.15, -0.1) is 11.3 Å². The Kier molecular flexibility index (Phi) is 18.7. The first kappa shape index (κ1) is 45.6. The zero-order valence-corrected chi connectivity index (χ0v) is 39.8. The van der Waals surface area contributed by atoms with Crippen LogP contribution in [0.25, 0.3) is 21.3 Å². The molecule has 3 heterocycles. The average Bonchev–Trinajstić information content (AvgIpc) is 3.57. The summed E-state index contributed by atoms with van der Waals surface area (Å²) in [5, 5.41) is 25.3. The van der Waals surface area contributed by atoms with Crippen LogP contribution < -0.4 is 184 Å². The first-order valence-corrected chi connectivity index (χ1v) is 17.8. The number of thioether (sulfide) groups is 2. The zero-order chi connectivity index (χ0) is 32.6. The molecule has 0 atom stereocenters. The van der Waals surface area contributed by atoms with Crippen molar-refractivity contribution in [3.8, 4) is 0 Å². The summed E-state index contributed by atoms with van der Waals surface area (Å²) in [5.74, 6) is -4.47. The van der Waals surface area contributed by atoms with E-state index in [4.69, 9.17) is 12.2 Å². The van der Waals surface area contributed by atoms with Crippen LogP contribution in [0.15, 0.2) is 57.2 Å². The number of hydrogen-bond donors (Lipinski definition) is 0. The van der Waals surface area contributed by atoms with Gasteiger partial charge in [-0.1, -0.05) is 73.0 Å². The number of carboxylic acids is 2. The van der Waals surface area contributed by atoms with E-state index in [9.17, 15) is 42.4 Å². The van der Waals surface area contributed by atoms with Crippen molar-refractivity contribution >= 4 is 106 Å². The molecule has 3 aromatic rings. The molecule has 20 heteroatoms. The Labute approximate surface area is 420 Å². The first-order chi connectivity index (χ1) is 21.3. The van der Waals surface area contributed by atoms with Gasteiger partial charge in [0.25, 0.3) is 11.5 Å². The summed E-state index contributed by atoms with van der Waals surface area (Å²) in [4.78, 5) is 53.1. The number of amides is 1. The summed E-state index contributed by atoms with van der Waals surface area (Å²) in [6.07, 6.45) is 2.12. The standard InChI is InChI=1S/C28H25N3O9S5.3K/c1-2-15(23-25(36)30(13-20(32)33)27(43-23)24-26(37)31(14-21(34)35)28(41)44-24)12-19-29(10-5-11-45(38,39)40)22-17-7-4-3-6-16(17)8-9-18(22)42-19;;;/h3-4,6-9,12H,2,5,10-11,13-14H2,1H3,(H,32,33)(H,34,35)(H,38,39,40);;;/q;3*+1/p-3/b19-12+,23-15+,27-24-;;;. The van der Waals surface area contributed by atoms with Gasteiger partial charge in [0, 0.05) is 22.6 Å². The summed E-state index contributed by atoms with van der Waals surface area (Å²) in [6, 6.07) is 11.5. The van der Waals surface area contributed by atoms with E-state index in [0.29, 0.717) is 17.0 Å². The third kappa shape index (κ3) is 10.6. The minimum Gasteiger partial charge on any atom is -0.748 e. The Hall–Kier alpha value is 1.43. The van der Waals surface area contributed by atoms with Gasteiger partial charge in [0.2, 0.25) is 0 Å². The predicted molar refractivity (Wildman–Crippen MR) is 171 cm³/mol. The van der Waals surface area contributed by atoms with Crippen LogP contribution in [0.3, 0.4) is 0 Å². The molecule has 2 aliphatic rings. The molecule has 0 unspecified atom stereocenters. The van der Waals surface area contributed by atoms with Gasteiger partial charge in [0.05, 0.1) is 50.4 Å². The number of thiocarbonyl (C=S) groups is 1. The summed E-state index contributed by atoms with van der Waals surface area (Å²) < 4.78 is 35.1. The number of nitrogens with zero attached hydrogens (tertiary/aromatic N) is 3. The van der Waals surface area contributed by atoms with E-state index < -0.39 is 52.4 Å². The van der Waals surface area contributed by atoms with Gasteiger partial charge in [0.1, 0.15) is 13.9 Å². The number of allylic oxidation sites excluding steroid dienone is 1. The Balaban J connectivity index is 0.00000267. The number of thiazole rings is 1. The number of aliphatic carboxylic acids is 2. The topological polar surface area (TPSA) is 183 Å². The van der Waals surface area contributed by atoms with Crippen LogP contribution in [0.4, 0.5) is 5.69 Å². The van der Waals surface area contributed by atoms with Crippen LogP contribution in [0.2, 0.25) is 0 Å². The van der Waals surface area contributed by atoms with Gasteiger partial charge in [-0.25, -0.2) is 8.42 Å². The van der Waals surface area contributed by atoms with Crippen molar-refractivity contribution < 1.29 is 192 Å². The van der Waals surface area contributed by atoms with Crippen molar-refractivity contribution in [2.24, 2.45) is 0 Å². The molecule has 2 aliphatic heterocycles. The number of carbonyl (C=O) groups excluding carboxylic acids is 3. The van der Waals surface area contributed by atoms with E-state index >= 15 is 0 Å². The van der Waals surface area contributed by atoms with E-state index in [1.165, 1.54) is 11.8 Å². The normalized spacial score (nSPS) is 16.8. The van der Waals surface area contributed by atoms with E-state index in [0.717, 1.165) is 53.9 Å². The van der Waals surface area contributed by atoms with Gasteiger partial charge in [0.15, 0.2) is 0 Å². The van der Waals surface area contributed by atoms with E-state index in [1.807, 2.05) is 41.3 Å². The molecule has 5 rings (SSSR count). The smallest absolute Gasteiger partial charge is 0.748 e. The fourth-order valence-electron chi connectivity index (χ4n) is 4.93. The molecule has 48 heavy (non-hydrogen) atoms. The van der Waals surface area contributed by atoms with Crippen molar-refractivity contribution in [2.75, 3.05) is 23.7 Å². The van der Waals surface area contributed by atoms with Crippen molar-refractivity contribution in [1.82, 2.24) is 9.47 Å². The second-order valence-corrected chi connectivity index (χ2v) is 15.1. The Morgan fingerprint density at radius 1 is 0.958 bits per heavy atom. The molecular formula is C28H22K3N3O9S5. The molecule has 1 amide bonds. The maximum absolute atomic E-state index is 13.7. The number of anilines is 1. The maximum Gasteiger partial charge on any atom is 1.00 e. The van der Waals surface area contributed by atoms with E-state index in [-0.39, 0.29) is 186 Å². The number of carboxylic acid groups (broad SMARTS) is 2. The number of aromatic nitrogens is 1. The number of carbonyl (C=O) groups is 3. The molecule has 0 N–H and O–H groups in total. The second kappa shape index (κ2) is 19.7. The number of hydrogen-bond acceptors (Lipinski definition) is 14. The van der Waals surface area contributed by atoms with Crippen LogP contribution in [-0.2, 0) is 31.0 Å². The second-order valence-electron chi connectivity index (χ2n) is 9.82. The average molecular weight is 822 g/mol. The molecule has 2 aromatic carbocycles. The van der Waals surface area contributed by atoms with Gasteiger partial charge in [-0.2, -0.15) is 0 Å². The zero-order valence-electron chi connectivity index (χ0n) is 26.3. The third-order valence-corrected chi connectivity index (χ3v) is 11.6. The van der Waals surface area contributed by atoms with E-state index in [1.54, 1.807) is 13.0 Å². The van der Waals surface area contributed by atoms with Crippen molar-refractivity contribution in [2.45, 2.75) is 31.2 Å². The third-order valence-electron chi connectivity index (χ3n) is 6.86. The molecule has 236 valence electrons. The summed E-state index contributed by atoms with van der Waals surface area (Å²) in [6.45, 7) is 0.331. The molecule has 1 fully saturated rings. The maximum atomic E-state index is 13.7. The van der Waals surface area contributed by atoms with E-state index in [2.05, 4.69) is 0 Å². The van der Waals surface area contributed by atoms with Crippen LogP contribution in [0.5, 0.6) is 0 Å². The number of benzene rings is 2. The van der Waals surface area contributed by atoms with Crippen LogP contribution in [-0.4, -0.2) is 63.4 Å². The first-order valence-electron chi connectivity index (χ1n) is 13.3. The Morgan fingerprint density at radius 2 is 1.62 bits per heavy atom. The minimum atomic E-state index is -4.45. The van der Waals surface area contributed by atoms with Gasteiger partial charge < -0.3 is 29.3 Å². The van der Waals surface area contributed by atoms with Crippen molar-refractivity contribution in [1.29, 1.82) is 0 Å². The molecule has 0 aliphatic carbocycles. The molecular weight excluding hydrogens is 800 g/mol. The SMILES string of the molecule is CCC(/C=C1/Sc2ccc3ccccc3c2N1CCCS(=O)(=O)[O-])=c1\s/c(=C2\SC(=S)N(CC(=O)[O-])C2=O)n(CC(=O)[O-])c1=O.[K+].[K+].[K+]. The number of fused-ring (bicyclic) bond motifs is 3. The Bertz CT molecular complexity index is 2120. The molecule has 0 radical (unpaired) electrons. The molecule has 0 bridgehead atoms. The summed E-state index contributed by atoms with van der Waals surface area (Å²) >= 11 is 8.19. The Morgan fingerprint density at radius 3 is 2.25 bits per heavy atom. The fraction of sp³-hybridized carbons (Fsp3) is 0.250. The quantitative estimate of drug-likeness (QED) is 0.107. The van der Waals surface area contributed by atoms with Crippen molar-refractivity contribution in [3.63, 3.8) is 0 Å². The summed E-state index contributed by atoms with van der Waals surface area (Å²) in [5.41, 5.74) is 0.650. The molecule has 1 saturated heterocycles. The molecule has 12 nitrogen and oxygen atoms in total. The van der Waals surface area contributed by atoms with Crippen molar-refractivity contribution in [3.05, 3.63) is 67.1 Å².